The van der Waals surface area contributed by atoms with E-state index >= 15 is 0 Å². The van der Waals surface area contributed by atoms with Gasteiger partial charge in [-0.1, -0.05) is 17.2 Å². The first-order chi connectivity index (χ1) is 13.9. The molecule has 2 aromatic carbocycles. The van der Waals surface area contributed by atoms with Crippen LogP contribution in [0.25, 0.3) is 0 Å². The lowest BCUT2D eigenvalue weighted by atomic mass is 10.1. The lowest BCUT2D eigenvalue weighted by molar-refractivity contribution is -0.137. The van der Waals surface area contributed by atoms with E-state index in [1.165, 1.54) is 6.07 Å². The van der Waals surface area contributed by atoms with Crippen molar-refractivity contribution in [1.29, 1.82) is 0 Å². The number of alkyl halides is 3. The maximum absolute atomic E-state index is 12.8. The molecule has 0 fully saturated rings. The van der Waals surface area contributed by atoms with Crippen molar-refractivity contribution in [2.45, 2.75) is 12.6 Å². The van der Waals surface area contributed by atoms with Gasteiger partial charge in [-0.25, -0.2) is 0 Å². The molecule has 0 unspecified atom stereocenters. The van der Waals surface area contributed by atoms with Crippen molar-refractivity contribution in [2.75, 3.05) is 18.5 Å². The number of nitrogens with one attached hydrogen (secondary N) is 1. The first kappa shape index (κ1) is 18.8. The summed E-state index contributed by atoms with van der Waals surface area (Å²) in [5.41, 5.74) is -0.268. The third-order valence-electron chi connectivity index (χ3n) is 4.10. The Labute approximate surface area is 162 Å². The molecule has 7 nitrogen and oxygen atoms in total. The molecule has 4 rings (SSSR count). The number of halogens is 3. The Bertz CT molecular complexity index is 1050. The Hall–Kier alpha value is -3.56. The third kappa shape index (κ3) is 4.31. The fourth-order valence-electron chi connectivity index (χ4n) is 2.75. The molecule has 0 saturated heterocycles. The number of hydrogen-bond acceptors (Lipinski definition) is 6. The van der Waals surface area contributed by atoms with Gasteiger partial charge in [0.1, 0.15) is 13.2 Å². The Morgan fingerprint density at radius 1 is 1.03 bits per heavy atom. The minimum Gasteiger partial charge on any atom is -0.486 e. The fourth-order valence-corrected chi connectivity index (χ4v) is 2.75. The van der Waals surface area contributed by atoms with Crippen molar-refractivity contribution in [2.24, 2.45) is 0 Å². The number of carbonyl (C=O) groups is 1. The SMILES string of the molecule is O=C(Nc1nnc(Cc2ccc3c(c2)OCCO3)o1)c1cccc(C(F)(F)F)c1. The second-order valence-corrected chi connectivity index (χ2v) is 6.19. The van der Waals surface area contributed by atoms with Crippen LogP contribution in [0, 0.1) is 0 Å². The highest BCUT2D eigenvalue weighted by molar-refractivity contribution is 6.03. The summed E-state index contributed by atoms with van der Waals surface area (Å²) in [7, 11) is 0. The lowest BCUT2D eigenvalue weighted by Crippen LogP contribution is -2.15. The van der Waals surface area contributed by atoms with E-state index in [-0.39, 0.29) is 23.9 Å². The van der Waals surface area contributed by atoms with Crippen LogP contribution in [0.1, 0.15) is 27.4 Å². The van der Waals surface area contributed by atoms with Gasteiger partial charge in [0.15, 0.2) is 11.5 Å². The molecule has 10 heteroatoms. The topological polar surface area (TPSA) is 86.5 Å². The second kappa shape index (κ2) is 7.46. The van der Waals surface area contributed by atoms with Crippen LogP contribution in [-0.4, -0.2) is 29.3 Å². The monoisotopic (exact) mass is 405 g/mol. The van der Waals surface area contributed by atoms with E-state index in [9.17, 15) is 18.0 Å². The van der Waals surface area contributed by atoms with Crippen LogP contribution in [0.3, 0.4) is 0 Å². The number of benzene rings is 2. The number of nitrogens with zero attached hydrogens (tertiary/aromatic N) is 2. The number of anilines is 1. The summed E-state index contributed by atoms with van der Waals surface area (Å²) in [6.07, 6.45) is -4.26. The second-order valence-electron chi connectivity index (χ2n) is 6.19. The average Bonchev–Trinajstić information content (AvgIpc) is 3.14. The van der Waals surface area contributed by atoms with Crippen molar-refractivity contribution in [3.05, 3.63) is 65.0 Å². The molecule has 0 saturated carbocycles. The molecule has 0 aliphatic carbocycles. The fraction of sp³-hybridized carbons (Fsp3) is 0.211. The molecular formula is C19H14F3N3O4. The van der Waals surface area contributed by atoms with Gasteiger partial charge >= 0.3 is 12.2 Å². The largest absolute Gasteiger partial charge is 0.486 e. The Kier molecular flexibility index (Phi) is 4.83. The van der Waals surface area contributed by atoms with Crippen molar-refractivity contribution >= 4 is 11.9 Å². The minimum atomic E-state index is -4.54. The van der Waals surface area contributed by atoms with E-state index in [4.69, 9.17) is 13.9 Å². The number of aromatic nitrogens is 2. The van der Waals surface area contributed by atoms with Gasteiger partial charge in [-0.3, -0.25) is 10.1 Å². The average molecular weight is 405 g/mol. The number of hydrogen-bond donors (Lipinski definition) is 1. The first-order valence-electron chi connectivity index (χ1n) is 8.58. The number of fused-ring (bicyclic) bond motifs is 1. The molecule has 3 aromatic rings. The standard InChI is InChI=1S/C19H14F3N3O4/c20-19(21,22)13-3-1-2-12(10-13)17(26)23-18-25-24-16(29-18)9-11-4-5-14-15(8-11)28-7-6-27-14/h1-5,8,10H,6-7,9H2,(H,23,25,26). The van der Waals surface area contributed by atoms with Crippen LogP contribution in [0.2, 0.25) is 0 Å². The van der Waals surface area contributed by atoms with Gasteiger partial charge in [0.2, 0.25) is 5.89 Å². The summed E-state index contributed by atoms with van der Waals surface area (Å²) in [4.78, 5) is 12.2. The van der Waals surface area contributed by atoms with Crippen LogP contribution >= 0.6 is 0 Å². The van der Waals surface area contributed by atoms with Crippen molar-refractivity contribution in [3.8, 4) is 11.5 Å². The Balaban J connectivity index is 1.44. The summed E-state index contributed by atoms with van der Waals surface area (Å²) in [6, 6.07) is 9.22. The summed E-state index contributed by atoms with van der Waals surface area (Å²) in [5.74, 6) is 0.706. The summed E-state index contributed by atoms with van der Waals surface area (Å²) >= 11 is 0. The van der Waals surface area contributed by atoms with E-state index in [1.54, 1.807) is 12.1 Å². The van der Waals surface area contributed by atoms with E-state index in [0.29, 0.717) is 24.7 Å². The van der Waals surface area contributed by atoms with Crippen LogP contribution < -0.4 is 14.8 Å². The van der Waals surface area contributed by atoms with Crippen LogP contribution in [0.5, 0.6) is 11.5 Å². The molecule has 1 N–H and O–H groups in total. The molecule has 1 aliphatic rings. The quantitative estimate of drug-likeness (QED) is 0.712. The third-order valence-corrected chi connectivity index (χ3v) is 4.10. The molecule has 0 spiro atoms. The first-order valence-corrected chi connectivity index (χ1v) is 8.58. The van der Waals surface area contributed by atoms with E-state index in [0.717, 1.165) is 23.8 Å². The molecule has 2 heterocycles. The summed E-state index contributed by atoms with van der Waals surface area (Å²) in [6.45, 7) is 0.952. The molecule has 0 bridgehead atoms. The van der Waals surface area contributed by atoms with Gasteiger partial charge in [0.25, 0.3) is 5.91 Å². The lowest BCUT2D eigenvalue weighted by Gasteiger charge is -2.18. The minimum absolute atomic E-state index is 0.175. The predicted molar refractivity (Wildman–Crippen MR) is 93.9 cm³/mol. The van der Waals surface area contributed by atoms with E-state index in [2.05, 4.69) is 15.5 Å². The number of rotatable bonds is 4. The van der Waals surface area contributed by atoms with Crippen molar-refractivity contribution in [1.82, 2.24) is 10.2 Å². The van der Waals surface area contributed by atoms with Crippen molar-refractivity contribution in [3.63, 3.8) is 0 Å². The van der Waals surface area contributed by atoms with Crippen LogP contribution in [-0.2, 0) is 12.6 Å². The molecular weight excluding hydrogens is 391 g/mol. The van der Waals surface area contributed by atoms with Gasteiger partial charge in [-0.15, -0.1) is 5.10 Å². The highest BCUT2D eigenvalue weighted by Gasteiger charge is 2.31. The zero-order valence-electron chi connectivity index (χ0n) is 14.8. The van der Waals surface area contributed by atoms with Gasteiger partial charge in [-0.2, -0.15) is 13.2 Å². The zero-order valence-corrected chi connectivity index (χ0v) is 14.8. The Morgan fingerprint density at radius 3 is 2.62 bits per heavy atom. The van der Waals surface area contributed by atoms with E-state index in [1.807, 2.05) is 6.07 Å². The molecule has 1 amide bonds. The zero-order chi connectivity index (χ0) is 20.4. The van der Waals surface area contributed by atoms with Crippen LogP contribution in [0.15, 0.2) is 46.9 Å². The highest BCUT2D eigenvalue weighted by atomic mass is 19.4. The van der Waals surface area contributed by atoms with Gasteiger partial charge in [0, 0.05) is 5.56 Å². The molecule has 1 aromatic heterocycles. The molecule has 29 heavy (non-hydrogen) atoms. The van der Waals surface area contributed by atoms with Gasteiger partial charge in [0.05, 0.1) is 12.0 Å². The van der Waals surface area contributed by atoms with Gasteiger partial charge < -0.3 is 13.9 Å². The normalized spacial score (nSPS) is 13.2. The smallest absolute Gasteiger partial charge is 0.416 e. The van der Waals surface area contributed by atoms with Crippen LogP contribution in [0.4, 0.5) is 19.2 Å². The molecule has 0 radical (unpaired) electrons. The number of carbonyl (C=O) groups excluding carboxylic acids is 1. The maximum Gasteiger partial charge on any atom is 0.416 e. The Morgan fingerprint density at radius 2 is 1.83 bits per heavy atom. The molecule has 1 aliphatic heterocycles. The summed E-state index contributed by atoms with van der Waals surface area (Å²) in [5, 5.41) is 9.86. The molecule has 150 valence electrons. The number of amides is 1. The van der Waals surface area contributed by atoms with Crippen molar-refractivity contribution < 1.29 is 31.9 Å². The van der Waals surface area contributed by atoms with Gasteiger partial charge in [-0.05, 0) is 35.9 Å². The maximum atomic E-state index is 12.8. The predicted octanol–water partition coefficient (Wildman–Crippen LogP) is 3.70. The summed E-state index contributed by atoms with van der Waals surface area (Å²) < 4.78 is 54.7. The molecule has 0 atom stereocenters. The van der Waals surface area contributed by atoms with E-state index < -0.39 is 17.6 Å². The number of ether oxygens (including phenoxy) is 2. The highest BCUT2D eigenvalue weighted by Crippen LogP contribution is 2.32.